The number of aryl methyl sites for hydroxylation is 1. The van der Waals surface area contributed by atoms with Gasteiger partial charge in [0.15, 0.2) is 0 Å². The zero-order valence-corrected chi connectivity index (χ0v) is 15.8. The molecule has 1 saturated heterocycles. The number of hydrogen-bond donors (Lipinski definition) is 0. The van der Waals surface area contributed by atoms with E-state index in [4.69, 9.17) is 4.74 Å². The van der Waals surface area contributed by atoms with E-state index in [0.29, 0.717) is 13.1 Å². The van der Waals surface area contributed by atoms with Gasteiger partial charge in [-0.3, -0.25) is 4.79 Å². The molecule has 1 aromatic carbocycles. The van der Waals surface area contributed by atoms with Crippen LogP contribution in [-0.4, -0.2) is 41.1 Å². The molecule has 0 N–H and O–H groups in total. The molecule has 3 rings (SSSR count). The molecule has 0 saturated carbocycles. The van der Waals surface area contributed by atoms with Crippen LogP contribution in [0.25, 0.3) is 0 Å². The molecule has 2 aromatic rings. The van der Waals surface area contributed by atoms with Crippen molar-refractivity contribution in [1.29, 1.82) is 0 Å². The Kier molecular flexibility index (Phi) is 5.58. The Morgan fingerprint density at radius 3 is 2.54 bits per heavy atom. The summed E-state index contributed by atoms with van der Waals surface area (Å²) in [5.41, 5.74) is 3.01. The first-order valence-corrected chi connectivity index (χ1v) is 9.96. The van der Waals surface area contributed by atoms with E-state index < -0.39 is 0 Å². The van der Waals surface area contributed by atoms with Gasteiger partial charge < -0.3 is 9.64 Å². The third-order valence-electron chi connectivity index (χ3n) is 3.87. The summed E-state index contributed by atoms with van der Waals surface area (Å²) in [5.74, 6) is 0.958. The van der Waals surface area contributed by atoms with Gasteiger partial charge in [0, 0.05) is 35.5 Å². The van der Waals surface area contributed by atoms with Gasteiger partial charge in [-0.05, 0) is 38.5 Å². The molecular formula is C18H22N2O2S2. The van der Waals surface area contributed by atoms with Crippen molar-refractivity contribution >= 4 is 29.0 Å². The van der Waals surface area contributed by atoms with Crippen LogP contribution in [-0.2, 0) is 10.5 Å². The van der Waals surface area contributed by atoms with Crippen LogP contribution in [0.4, 0.5) is 0 Å². The number of carbonyl (C=O) groups is 1. The first kappa shape index (κ1) is 17.5. The molecule has 1 aliphatic heterocycles. The van der Waals surface area contributed by atoms with Crippen molar-refractivity contribution in [1.82, 2.24) is 9.88 Å². The molecule has 4 nitrogen and oxygen atoms in total. The minimum atomic E-state index is 0.0896. The normalized spacial score (nSPS) is 21.0. The monoisotopic (exact) mass is 362 g/mol. The molecule has 6 heteroatoms. The number of nitrogens with zero attached hydrogens (tertiary/aromatic N) is 2. The second kappa shape index (κ2) is 7.68. The highest BCUT2D eigenvalue weighted by Crippen LogP contribution is 2.26. The van der Waals surface area contributed by atoms with Gasteiger partial charge in [0.2, 0.25) is 0 Å². The number of aromatic nitrogens is 1. The van der Waals surface area contributed by atoms with Crippen molar-refractivity contribution in [2.45, 2.75) is 43.1 Å². The predicted molar refractivity (Wildman–Crippen MR) is 98.8 cm³/mol. The van der Waals surface area contributed by atoms with E-state index in [0.717, 1.165) is 21.3 Å². The lowest BCUT2D eigenvalue weighted by Crippen LogP contribution is -2.48. The van der Waals surface area contributed by atoms with Crippen molar-refractivity contribution in [3.63, 3.8) is 0 Å². The molecular weight excluding hydrogens is 340 g/mol. The molecule has 0 radical (unpaired) electrons. The van der Waals surface area contributed by atoms with Crippen LogP contribution in [0.1, 0.15) is 35.5 Å². The molecule has 0 aliphatic carbocycles. The third-order valence-corrected chi connectivity index (χ3v) is 6.08. The summed E-state index contributed by atoms with van der Waals surface area (Å²) in [6.45, 7) is 7.34. The van der Waals surface area contributed by atoms with E-state index >= 15 is 0 Å². The first-order chi connectivity index (χ1) is 11.5. The number of amides is 1. The molecule has 1 aliphatic rings. The van der Waals surface area contributed by atoms with Gasteiger partial charge in [-0.25, -0.2) is 4.98 Å². The first-order valence-electron chi connectivity index (χ1n) is 8.10. The standard InChI is InChI=1S/C18H22N2O2S2/c1-12-10-23-18(19-12)24-11-15-4-6-16(7-5-15)17(21)20-8-13(2)22-14(3)9-20/h4-7,10,13-14H,8-9,11H2,1-3H3/t13-,14-/m1/s1. The Bertz CT molecular complexity index is 689. The van der Waals surface area contributed by atoms with E-state index in [1.165, 1.54) is 5.56 Å². The fraction of sp³-hybridized carbons (Fsp3) is 0.444. The lowest BCUT2D eigenvalue weighted by atomic mass is 10.1. The molecule has 0 bridgehead atoms. The summed E-state index contributed by atoms with van der Waals surface area (Å²) in [6.07, 6.45) is 0.185. The number of morpholine rings is 1. The van der Waals surface area contributed by atoms with Gasteiger partial charge in [-0.1, -0.05) is 23.9 Å². The average molecular weight is 363 g/mol. The fourth-order valence-electron chi connectivity index (χ4n) is 2.81. The Balaban J connectivity index is 1.60. The lowest BCUT2D eigenvalue weighted by Gasteiger charge is -2.35. The summed E-state index contributed by atoms with van der Waals surface area (Å²) in [4.78, 5) is 19.0. The van der Waals surface area contributed by atoms with Gasteiger partial charge in [-0.2, -0.15) is 0 Å². The van der Waals surface area contributed by atoms with Gasteiger partial charge in [0.05, 0.1) is 12.2 Å². The Morgan fingerprint density at radius 2 is 1.96 bits per heavy atom. The fourth-order valence-corrected chi connectivity index (χ4v) is 4.62. The summed E-state index contributed by atoms with van der Waals surface area (Å²) < 4.78 is 6.78. The van der Waals surface area contributed by atoms with Crippen molar-refractivity contribution in [2.75, 3.05) is 13.1 Å². The maximum Gasteiger partial charge on any atom is 0.254 e. The molecule has 2 heterocycles. The number of rotatable bonds is 4. The van der Waals surface area contributed by atoms with Gasteiger partial charge in [0.1, 0.15) is 4.34 Å². The molecule has 1 amide bonds. The Morgan fingerprint density at radius 1 is 1.29 bits per heavy atom. The number of thiazole rings is 1. The highest BCUT2D eigenvalue weighted by atomic mass is 32.2. The average Bonchev–Trinajstić information content (AvgIpc) is 2.97. The molecule has 1 aromatic heterocycles. The van der Waals surface area contributed by atoms with Crippen molar-refractivity contribution in [2.24, 2.45) is 0 Å². The van der Waals surface area contributed by atoms with Crippen LogP contribution in [0.2, 0.25) is 0 Å². The van der Waals surface area contributed by atoms with Gasteiger partial charge in [-0.15, -0.1) is 11.3 Å². The number of thioether (sulfide) groups is 1. The quantitative estimate of drug-likeness (QED) is 0.771. The second-order valence-electron chi connectivity index (χ2n) is 6.21. The predicted octanol–water partition coefficient (Wildman–Crippen LogP) is 3.99. The molecule has 1 fully saturated rings. The molecule has 24 heavy (non-hydrogen) atoms. The number of hydrogen-bond acceptors (Lipinski definition) is 5. The second-order valence-corrected chi connectivity index (χ2v) is 8.29. The zero-order valence-electron chi connectivity index (χ0n) is 14.2. The van der Waals surface area contributed by atoms with E-state index in [1.807, 2.05) is 49.9 Å². The summed E-state index contributed by atoms with van der Waals surface area (Å²) in [7, 11) is 0. The van der Waals surface area contributed by atoms with Crippen LogP contribution in [0.3, 0.4) is 0 Å². The maximum atomic E-state index is 12.6. The number of benzene rings is 1. The maximum absolute atomic E-state index is 12.6. The van der Waals surface area contributed by atoms with Crippen LogP contribution in [0.5, 0.6) is 0 Å². The topological polar surface area (TPSA) is 42.4 Å². The minimum absolute atomic E-state index is 0.0896. The summed E-state index contributed by atoms with van der Waals surface area (Å²) in [6, 6.07) is 7.92. The third kappa shape index (κ3) is 4.37. The van der Waals surface area contributed by atoms with Crippen molar-refractivity contribution in [3.05, 3.63) is 46.5 Å². The Labute approximate surface area is 151 Å². The largest absolute Gasteiger partial charge is 0.372 e. The van der Waals surface area contributed by atoms with E-state index in [-0.39, 0.29) is 18.1 Å². The summed E-state index contributed by atoms with van der Waals surface area (Å²) >= 11 is 3.41. The molecule has 0 unspecified atom stereocenters. The Hall–Kier alpha value is -1.37. The minimum Gasteiger partial charge on any atom is -0.372 e. The highest BCUT2D eigenvalue weighted by molar-refractivity contribution is 8.00. The SMILES string of the molecule is Cc1csc(SCc2ccc(C(=O)N3C[C@@H](C)O[C@H](C)C3)cc2)n1. The molecule has 2 atom stereocenters. The van der Waals surface area contributed by atoms with Gasteiger partial charge in [0.25, 0.3) is 5.91 Å². The lowest BCUT2D eigenvalue weighted by molar-refractivity contribution is -0.0586. The number of carbonyl (C=O) groups excluding carboxylic acids is 1. The number of ether oxygens (including phenoxy) is 1. The van der Waals surface area contributed by atoms with Crippen LogP contribution in [0.15, 0.2) is 34.0 Å². The zero-order chi connectivity index (χ0) is 17.1. The van der Waals surface area contributed by atoms with E-state index in [1.54, 1.807) is 23.1 Å². The van der Waals surface area contributed by atoms with Crippen LogP contribution in [0, 0.1) is 6.92 Å². The molecule has 0 spiro atoms. The van der Waals surface area contributed by atoms with E-state index in [9.17, 15) is 4.79 Å². The van der Waals surface area contributed by atoms with Crippen LogP contribution >= 0.6 is 23.1 Å². The van der Waals surface area contributed by atoms with Gasteiger partial charge >= 0.3 is 0 Å². The van der Waals surface area contributed by atoms with E-state index in [2.05, 4.69) is 10.4 Å². The van der Waals surface area contributed by atoms with Crippen molar-refractivity contribution in [3.8, 4) is 0 Å². The van der Waals surface area contributed by atoms with Crippen LogP contribution < -0.4 is 0 Å². The highest BCUT2D eigenvalue weighted by Gasteiger charge is 2.26. The smallest absolute Gasteiger partial charge is 0.254 e. The molecule has 128 valence electrons. The summed E-state index contributed by atoms with van der Waals surface area (Å²) in [5, 5.41) is 2.06. The van der Waals surface area contributed by atoms with Crippen molar-refractivity contribution < 1.29 is 9.53 Å².